The Hall–Kier alpha value is -2.68. The fourth-order valence-electron chi connectivity index (χ4n) is 4.00. The van der Waals surface area contributed by atoms with Crippen LogP contribution in [0.25, 0.3) is 10.9 Å². The first-order valence-corrected chi connectivity index (χ1v) is 9.40. The topological polar surface area (TPSA) is 115 Å². The molecule has 2 fully saturated rings. The second-order valence-electron chi connectivity index (χ2n) is 7.63. The van der Waals surface area contributed by atoms with Crippen molar-refractivity contribution in [3.63, 3.8) is 0 Å². The summed E-state index contributed by atoms with van der Waals surface area (Å²) in [6.45, 7) is 0.701. The van der Waals surface area contributed by atoms with E-state index in [9.17, 15) is 14.7 Å². The first kappa shape index (κ1) is 18.7. The standard InChI is InChI=1S/C19H22F2N4O3/c20-13-15(23)12-16(14(21)17(13)24-6-2-1-3-9(22)7-24)25(10-4-5-10)8-11(18(12)26)19(27)28/h8-10H,1-7,22-23H2,(H,27,28)/t9-/m0/s1. The molecule has 28 heavy (non-hydrogen) atoms. The summed E-state index contributed by atoms with van der Waals surface area (Å²) in [5.41, 5.74) is 9.49. The van der Waals surface area contributed by atoms with E-state index in [0.717, 1.165) is 38.3 Å². The molecule has 0 bridgehead atoms. The Morgan fingerprint density at radius 2 is 1.89 bits per heavy atom. The van der Waals surface area contributed by atoms with Crippen LogP contribution in [-0.4, -0.2) is 34.8 Å². The van der Waals surface area contributed by atoms with Gasteiger partial charge >= 0.3 is 5.97 Å². The maximum atomic E-state index is 15.6. The molecular weight excluding hydrogens is 370 g/mol. The molecule has 1 atom stereocenters. The van der Waals surface area contributed by atoms with Gasteiger partial charge in [0, 0.05) is 31.4 Å². The van der Waals surface area contributed by atoms with E-state index in [1.54, 1.807) is 4.90 Å². The lowest BCUT2D eigenvalue weighted by atomic mass is 10.1. The number of halogens is 2. The molecule has 7 nitrogen and oxygen atoms in total. The zero-order valence-electron chi connectivity index (χ0n) is 15.3. The molecule has 1 aliphatic carbocycles. The zero-order valence-corrected chi connectivity index (χ0v) is 15.3. The molecule has 1 saturated carbocycles. The van der Waals surface area contributed by atoms with Crippen LogP contribution < -0.4 is 21.8 Å². The Kier molecular flexibility index (Phi) is 4.49. The fourth-order valence-corrected chi connectivity index (χ4v) is 4.00. The van der Waals surface area contributed by atoms with E-state index in [0.29, 0.717) is 6.54 Å². The number of nitrogen functional groups attached to an aromatic ring is 1. The number of pyridine rings is 1. The highest BCUT2D eigenvalue weighted by Gasteiger charge is 2.33. The van der Waals surface area contributed by atoms with Crippen LogP contribution in [0.5, 0.6) is 0 Å². The summed E-state index contributed by atoms with van der Waals surface area (Å²) in [5, 5.41) is 8.92. The lowest BCUT2D eigenvalue weighted by Crippen LogP contribution is -2.37. The normalized spacial score (nSPS) is 20.4. The third kappa shape index (κ3) is 2.90. The Balaban J connectivity index is 2.04. The molecule has 2 heterocycles. The fraction of sp³-hybridized carbons (Fsp3) is 0.474. The Morgan fingerprint density at radius 1 is 1.18 bits per heavy atom. The van der Waals surface area contributed by atoms with E-state index in [-0.39, 0.29) is 29.8 Å². The van der Waals surface area contributed by atoms with Crippen molar-refractivity contribution < 1.29 is 18.7 Å². The minimum atomic E-state index is -1.45. The highest BCUT2D eigenvalue weighted by atomic mass is 19.1. The van der Waals surface area contributed by atoms with E-state index < -0.39 is 39.7 Å². The molecule has 1 aromatic carbocycles. The zero-order chi connectivity index (χ0) is 20.2. The number of nitrogens with zero attached hydrogens (tertiary/aromatic N) is 2. The number of benzene rings is 1. The lowest BCUT2D eigenvalue weighted by Gasteiger charge is -2.27. The highest BCUT2D eigenvalue weighted by Crippen LogP contribution is 2.41. The molecule has 1 aromatic heterocycles. The van der Waals surface area contributed by atoms with Crippen LogP contribution >= 0.6 is 0 Å². The predicted octanol–water partition coefficient (Wildman–Crippen LogP) is 2.21. The molecule has 150 valence electrons. The van der Waals surface area contributed by atoms with Crippen molar-refractivity contribution in [3.8, 4) is 0 Å². The van der Waals surface area contributed by atoms with Crippen LogP contribution in [0.4, 0.5) is 20.2 Å². The number of rotatable bonds is 3. The van der Waals surface area contributed by atoms with Crippen molar-refractivity contribution in [2.75, 3.05) is 23.7 Å². The maximum absolute atomic E-state index is 15.6. The van der Waals surface area contributed by atoms with E-state index in [1.165, 1.54) is 4.57 Å². The van der Waals surface area contributed by atoms with Crippen LogP contribution in [0.3, 0.4) is 0 Å². The van der Waals surface area contributed by atoms with Gasteiger partial charge in [-0.2, -0.15) is 0 Å². The third-order valence-corrected chi connectivity index (χ3v) is 5.56. The van der Waals surface area contributed by atoms with Gasteiger partial charge in [-0.1, -0.05) is 6.42 Å². The van der Waals surface area contributed by atoms with Gasteiger partial charge in [0.1, 0.15) is 11.3 Å². The minimum absolute atomic E-state index is 0.135. The molecule has 4 rings (SSSR count). The Morgan fingerprint density at radius 3 is 2.54 bits per heavy atom. The van der Waals surface area contributed by atoms with Gasteiger partial charge < -0.3 is 26.0 Å². The van der Waals surface area contributed by atoms with Crippen molar-refractivity contribution in [1.29, 1.82) is 0 Å². The molecule has 9 heteroatoms. The van der Waals surface area contributed by atoms with Crippen LogP contribution in [0.2, 0.25) is 0 Å². The van der Waals surface area contributed by atoms with Gasteiger partial charge in [-0.15, -0.1) is 0 Å². The van der Waals surface area contributed by atoms with E-state index in [4.69, 9.17) is 11.5 Å². The second kappa shape index (κ2) is 6.73. The summed E-state index contributed by atoms with van der Waals surface area (Å²) in [4.78, 5) is 25.7. The average molecular weight is 392 g/mol. The second-order valence-corrected chi connectivity index (χ2v) is 7.63. The summed E-state index contributed by atoms with van der Waals surface area (Å²) in [7, 11) is 0. The van der Waals surface area contributed by atoms with Gasteiger partial charge in [0.15, 0.2) is 11.6 Å². The number of aromatic nitrogens is 1. The summed E-state index contributed by atoms with van der Waals surface area (Å²) in [6, 6.07) is -0.363. The van der Waals surface area contributed by atoms with Crippen molar-refractivity contribution in [3.05, 3.63) is 33.6 Å². The smallest absolute Gasteiger partial charge is 0.341 e. The number of hydrogen-bond donors (Lipinski definition) is 3. The molecule has 2 aliphatic rings. The minimum Gasteiger partial charge on any atom is -0.477 e. The number of fused-ring (bicyclic) bond motifs is 1. The van der Waals surface area contributed by atoms with Crippen LogP contribution in [0.1, 0.15) is 48.5 Å². The monoisotopic (exact) mass is 392 g/mol. The molecule has 2 aromatic rings. The van der Waals surface area contributed by atoms with Crippen molar-refractivity contribution >= 4 is 28.2 Å². The van der Waals surface area contributed by atoms with Crippen molar-refractivity contribution in [2.24, 2.45) is 5.73 Å². The number of carboxylic acids is 1. The van der Waals surface area contributed by atoms with Crippen LogP contribution in [0, 0.1) is 11.6 Å². The third-order valence-electron chi connectivity index (χ3n) is 5.56. The Bertz CT molecular complexity index is 1030. The molecule has 0 unspecified atom stereocenters. The lowest BCUT2D eigenvalue weighted by molar-refractivity contribution is 0.0695. The van der Waals surface area contributed by atoms with Gasteiger partial charge in [-0.3, -0.25) is 4.79 Å². The summed E-state index contributed by atoms with van der Waals surface area (Å²) in [5.74, 6) is -3.39. The van der Waals surface area contributed by atoms with Crippen LogP contribution in [0.15, 0.2) is 11.0 Å². The van der Waals surface area contributed by atoms with Gasteiger partial charge in [0.05, 0.1) is 16.6 Å². The number of carboxylic acid groups (broad SMARTS) is 1. The Labute approximate surface area is 159 Å². The van der Waals surface area contributed by atoms with E-state index >= 15 is 8.78 Å². The number of nitrogens with two attached hydrogens (primary N) is 2. The highest BCUT2D eigenvalue weighted by molar-refractivity contribution is 5.99. The molecule has 0 amide bonds. The molecule has 0 spiro atoms. The molecule has 1 aliphatic heterocycles. The van der Waals surface area contributed by atoms with Crippen molar-refractivity contribution in [2.45, 2.75) is 44.2 Å². The summed E-state index contributed by atoms with van der Waals surface area (Å²) < 4.78 is 32.2. The largest absolute Gasteiger partial charge is 0.477 e. The van der Waals surface area contributed by atoms with Crippen LogP contribution in [-0.2, 0) is 0 Å². The van der Waals surface area contributed by atoms with E-state index in [1.807, 2.05) is 0 Å². The predicted molar refractivity (Wildman–Crippen MR) is 102 cm³/mol. The SMILES string of the molecule is Nc1c(F)c(N2CCCC[C@H](N)C2)c(F)c2c1c(=O)c(C(=O)O)cn2C1CC1. The molecular formula is C19H22F2N4O3. The van der Waals surface area contributed by atoms with Crippen molar-refractivity contribution in [1.82, 2.24) is 4.57 Å². The number of aromatic carboxylic acids is 1. The van der Waals surface area contributed by atoms with Gasteiger partial charge in [-0.25, -0.2) is 13.6 Å². The van der Waals surface area contributed by atoms with Gasteiger partial charge in [0.25, 0.3) is 0 Å². The number of anilines is 2. The number of hydrogen-bond acceptors (Lipinski definition) is 5. The molecule has 5 N–H and O–H groups in total. The average Bonchev–Trinajstić information content (AvgIpc) is 3.48. The molecule has 0 radical (unpaired) electrons. The van der Waals surface area contributed by atoms with Gasteiger partial charge in [0.2, 0.25) is 5.43 Å². The quantitative estimate of drug-likeness (QED) is 0.690. The molecule has 1 saturated heterocycles. The first-order chi connectivity index (χ1) is 13.3. The maximum Gasteiger partial charge on any atom is 0.341 e. The first-order valence-electron chi connectivity index (χ1n) is 9.40. The summed E-state index contributed by atoms with van der Waals surface area (Å²) >= 11 is 0. The van der Waals surface area contributed by atoms with Gasteiger partial charge in [-0.05, 0) is 25.7 Å². The number of carbonyl (C=O) groups is 1. The summed E-state index contributed by atoms with van der Waals surface area (Å²) in [6.07, 6.45) is 4.94. The van der Waals surface area contributed by atoms with E-state index in [2.05, 4.69) is 0 Å².